The smallest absolute Gasteiger partial charge is 0.192 e. The first-order valence-corrected chi connectivity index (χ1v) is 20.4. The van der Waals surface area contributed by atoms with Crippen molar-refractivity contribution in [2.45, 2.75) is 130 Å². The number of allylic oxidation sites excluding steroid dienone is 1. The highest BCUT2D eigenvalue weighted by Gasteiger charge is 2.80. The van der Waals surface area contributed by atoms with Crippen molar-refractivity contribution in [3.05, 3.63) is 11.6 Å². The predicted octanol–water partition coefficient (Wildman–Crippen LogP) is 7.95. The van der Waals surface area contributed by atoms with E-state index in [2.05, 4.69) is 94.6 Å². The average Bonchev–Trinajstić information content (AvgIpc) is 3.02. The highest BCUT2D eigenvalue weighted by Crippen LogP contribution is 2.76. The summed E-state index contributed by atoms with van der Waals surface area (Å²) in [4.78, 5) is 27.7. The van der Waals surface area contributed by atoms with Crippen LogP contribution < -0.4 is 0 Å². The van der Waals surface area contributed by atoms with E-state index in [-0.39, 0.29) is 50.5 Å². The summed E-state index contributed by atoms with van der Waals surface area (Å²) < 4.78 is 14.1. The van der Waals surface area contributed by atoms with E-state index in [0.717, 1.165) is 12.8 Å². The molecule has 6 heteroatoms. The van der Waals surface area contributed by atoms with Gasteiger partial charge in [0.25, 0.3) is 0 Å². The van der Waals surface area contributed by atoms with Gasteiger partial charge in [-0.15, -0.1) is 0 Å². The highest BCUT2D eigenvalue weighted by atomic mass is 28.4. The number of fused-ring (bicyclic) bond motifs is 3. The van der Waals surface area contributed by atoms with Crippen molar-refractivity contribution in [1.82, 2.24) is 0 Å². The molecule has 0 aliphatic heterocycles. The molecule has 3 saturated carbocycles. The van der Waals surface area contributed by atoms with E-state index >= 15 is 0 Å². The van der Waals surface area contributed by atoms with Gasteiger partial charge in [-0.1, -0.05) is 68.4 Å². The summed E-state index contributed by atoms with van der Waals surface area (Å²) in [6.45, 7) is 30.5. The molecule has 2 bridgehead atoms. The first kappa shape index (κ1) is 29.4. The second-order valence-corrected chi connectivity index (χ2v) is 26.2. The van der Waals surface area contributed by atoms with Gasteiger partial charge in [-0.2, -0.15) is 0 Å². The fourth-order valence-corrected chi connectivity index (χ4v) is 10.4. The quantitative estimate of drug-likeness (QED) is 0.259. The zero-order valence-electron chi connectivity index (χ0n) is 26.1. The summed E-state index contributed by atoms with van der Waals surface area (Å²) in [5.41, 5.74) is 0.307. The molecular formula is C31H54O4Si2. The molecule has 37 heavy (non-hydrogen) atoms. The minimum atomic E-state index is -2.08. The summed E-state index contributed by atoms with van der Waals surface area (Å²) in [7, 11) is -4.02. The first-order chi connectivity index (χ1) is 16.5. The SMILES string of the molecule is C[C@@H]1C[C@]2(O[Si](C)(C)C(C)(C)C)[C@H]([C@@H]3CC(CO[Si](C)(C)C(C)(C)C)=C[C@@H]4CC(=O)C[C@@]14C3=O)C2(C)C. The van der Waals surface area contributed by atoms with Crippen LogP contribution in [0.25, 0.3) is 0 Å². The molecule has 0 aromatic heterocycles. The van der Waals surface area contributed by atoms with E-state index in [0.29, 0.717) is 25.2 Å². The van der Waals surface area contributed by atoms with Crippen molar-refractivity contribution in [2.24, 2.45) is 34.5 Å². The van der Waals surface area contributed by atoms with Gasteiger partial charge in [-0.05, 0) is 71.9 Å². The molecule has 4 aliphatic carbocycles. The molecule has 4 nitrogen and oxygen atoms in total. The number of Topliss-reactive ketones (excluding diaryl/α,β-unsaturated/α-hetero) is 2. The van der Waals surface area contributed by atoms with Crippen LogP contribution in [-0.4, -0.2) is 40.4 Å². The molecule has 1 spiro atoms. The molecule has 0 aromatic carbocycles. The Morgan fingerprint density at radius 1 is 0.946 bits per heavy atom. The summed E-state index contributed by atoms with van der Waals surface area (Å²) in [6.07, 6.45) is 4.86. The Morgan fingerprint density at radius 2 is 1.51 bits per heavy atom. The molecule has 0 heterocycles. The third-order valence-electron chi connectivity index (χ3n) is 12.2. The number of ketones is 2. The van der Waals surface area contributed by atoms with E-state index in [1.807, 2.05) is 0 Å². The van der Waals surface area contributed by atoms with Crippen LogP contribution in [0.15, 0.2) is 11.6 Å². The molecule has 0 unspecified atom stereocenters. The number of hydrogen-bond acceptors (Lipinski definition) is 4. The van der Waals surface area contributed by atoms with Crippen LogP contribution in [0.1, 0.15) is 88.0 Å². The van der Waals surface area contributed by atoms with Gasteiger partial charge in [0, 0.05) is 30.1 Å². The predicted molar refractivity (Wildman–Crippen MR) is 157 cm³/mol. The van der Waals surface area contributed by atoms with Crippen molar-refractivity contribution < 1.29 is 18.4 Å². The van der Waals surface area contributed by atoms with Crippen LogP contribution in [0.4, 0.5) is 0 Å². The Bertz CT molecular complexity index is 1010. The van der Waals surface area contributed by atoms with Gasteiger partial charge in [-0.3, -0.25) is 9.59 Å². The summed E-state index contributed by atoms with van der Waals surface area (Å²) in [5, 5.41) is 0.230. The third kappa shape index (κ3) is 4.26. The number of carbonyl (C=O) groups excluding carboxylic acids is 2. The van der Waals surface area contributed by atoms with Crippen molar-refractivity contribution in [2.75, 3.05) is 6.61 Å². The van der Waals surface area contributed by atoms with Crippen molar-refractivity contribution in [1.29, 1.82) is 0 Å². The van der Waals surface area contributed by atoms with Crippen LogP contribution in [0.5, 0.6) is 0 Å². The highest BCUT2D eigenvalue weighted by molar-refractivity contribution is 6.74. The van der Waals surface area contributed by atoms with E-state index in [4.69, 9.17) is 8.85 Å². The van der Waals surface area contributed by atoms with Gasteiger partial charge in [0.1, 0.15) is 11.6 Å². The van der Waals surface area contributed by atoms with Gasteiger partial charge in [-0.25, -0.2) is 0 Å². The zero-order chi connectivity index (χ0) is 28.2. The van der Waals surface area contributed by atoms with E-state index in [1.54, 1.807) is 0 Å². The Balaban J connectivity index is 1.77. The first-order valence-electron chi connectivity index (χ1n) is 14.6. The topological polar surface area (TPSA) is 52.6 Å². The summed E-state index contributed by atoms with van der Waals surface area (Å²) in [5.74, 6) is 0.805. The van der Waals surface area contributed by atoms with Gasteiger partial charge in [0.15, 0.2) is 16.6 Å². The molecule has 210 valence electrons. The van der Waals surface area contributed by atoms with Gasteiger partial charge in [0.2, 0.25) is 0 Å². The normalized spacial score (nSPS) is 37.9. The van der Waals surface area contributed by atoms with Gasteiger partial charge < -0.3 is 8.85 Å². The molecule has 0 N–H and O–H groups in total. The fraction of sp³-hybridized carbons (Fsp3) is 0.871. The molecule has 3 fully saturated rings. The molecule has 0 amide bonds. The van der Waals surface area contributed by atoms with Crippen LogP contribution >= 0.6 is 0 Å². The minimum Gasteiger partial charge on any atom is -0.413 e. The summed E-state index contributed by atoms with van der Waals surface area (Å²) >= 11 is 0. The lowest BCUT2D eigenvalue weighted by Gasteiger charge is -2.43. The maximum atomic E-state index is 14.7. The van der Waals surface area contributed by atoms with E-state index < -0.39 is 22.0 Å². The van der Waals surface area contributed by atoms with Gasteiger partial charge in [0.05, 0.1) is 12.2 Å². The number of carbonyl (C=O) groups is 2. The van der Waals surface area contributed by atoms with Crippen LogP contribution in [0.2, 0.25) is 36.3 Å². The second-order valence-electron chi connectivity index (χ2n) is 16.7. The second kappa shape index (κ2) is 8.47. The van der Waals surface area contributed by atoms with Crippen LogP contribution in [-0.2, 0) is 18.4 Å². The third-order valence-corrected chi connectivity index (χ3v) is 21.1. The Labute approximate surface area is 229 Å². The maximum absolute atomic E-state index is 14.7. The molecular weight excluding hydrogens is 493 g/mol. The summed E-state index contributed by atoms with van der Waals surface area (Å²) in [6, 6.07) is 0. The lowest BCUT2D eigenvalue weighted by Crippen LogP contribution is -2.48. The molecule has 0 saturated heterocycles. The van der Waals surface area contributed by atoms with E-state index in [9.17, 15) is 9.59 Å². The van der Waals surface area contributed by atoms with Crippen molar-refractivity contribution in [3.63, 3.8) is 0 Å². The van der Waals surface area contributed by atoms with E-state index in [1.165, 1.54) is 5.57 Å². The fourth-order valence-electron chi connectivity index (χ4n) is 7.71. The van der Waals surface area contributed by atoms with Gasteiger partial charge >= 0.3 is 0 Å². The van der Waals surface area contributed by atoms with Crippen LogP contribution in [0.3, 0.4) is 0 Å². The zero-order valence-corrected chi connectivity index (χ0v) is 28.1. The Hall–Kier alpha value is -0.566. The lowest BCUT2D eigenvalue weighted by molar-refractivity contribution is -0.138. The molecule has 4 rings (SSSR count). The maximum Gasteiger partial charge on any atom is 0.192 e. The molecule has 0 radical (unpaired) electrons. The number of hydrogen-bond donors (Lipinski definition) is 0. The molecule has 4 aliphatic rings. The van der Waals surface area contributed by atoms with Crippen molar-refractivity contribution >= 4 is 28.2 Å². The average molecular weight is 547 g/mol. The van der Waals surface area contributed by atoms with Crippen LogP contribution in [0, 0.1) is 34.5 Å². The number of rotatable bonds is 5. The monoisotopic (exact) mass is 546 g/mol. The lowest BCUT2D eigenvalue weighted by atomic mass is 9.62. The molecule has 0 aromatic rings. The standard InChI is InChI=1S/C31H54O4Si2/c1-20-17-31(35-37(12,13)28(5,6)7)25(29(31,8)9)24-15-21(19-34-36(10,11)27(2,3)4)14-22-16-23(32)18-30(20,22)26(24)33/h14,20,22,24-25H,15-19H2,1-13H3/t20-,22-,24+,25-,30-,31+/m1/s1. The van der Waals surface area contributed by atoms with Crippen molar-refractivity contribution in [3.8, 4) is 0 Å². The Kier molecular flexibility index (Phi) is 6.73. The molecule has 6 atom stereocenters. The largest absolute Gasteiger partial charge is 0.413 e. The Morgan fingerprint density at radius 3 is 2.05 bits per heavy atom. The minimum absolute atomic E-state index is 0.00366.